The molecule has 2 aromatic rings. The van der Waals surface area contributed by atoms with Crippen molar-refractivity contribution >= 4 is 80.3 Å². The number of methoxy groups -OCH3 is 2. The van der Waals surface area contributed by atoms with Gasteiger partial charge in [-0.05, 0) is 67.7 Å². The van der Waals surface area contributed by atoms with E-state index in [4.69, 9.17) is 56.5 Å². The standard InChI is InChI=1S/C21H22Cl3N3O4S2/c1-30-12-9-7-11(8-10-12)16(28)25-19(21(22,23)24)27-20(32)26-17-15(18(29)31-2)13-5-3-4-6-14(13)33-17/h7-10,19H,3-6H2,1-2H3,(H,25,28)(H2,26,27,32)/t19-/m0/s1. The zero-order chi connectivity index (χ0) is 24.2. The summed E-state index contributed by atoms with van der Waals surface area (Å²) < 4.78 is 8.14. The fourth-order valence-electron chi connectivity index (χ4n) is 3.40. The molecule has 1 amide bonds. The average Bonchev–Trinajstić information content (AvgIpc) is 3.15. The number of alkyl halides is 3. The van der Waals surface area contributed by atoms with Gasteiger partial charge in [0.25, 0.3) is 5.91 Å². The smallest absolute Gasteiger partial charge is 0.341 e. The Morgan fingerprint density at radius 3 is 2.36 bits per heavy atom. The van der Waals surface area contributed by atoms with Crippen LogP contribution in [-0.4, -0.2) is 41.2 Å². The number of benzene rings is 1. The molecule has 0 fully saturated rings. The first-order chi connectivity index (χ1) is 15.6. The fraction of sp³-hybridized carbons (Fsp3) is 0.381. The van der Waals surface area contributed by atoms with Crippen molar-refractivity contribution < 1.29 is 19.1 Å². The summed E-state index contributed by atoms with van der Waals surface area (Å²) in [6, 6.07) is 6.45. The zero-order valence-electron chi connectivity index (χ0n) is 17.8. The lowest BCUT2D eigenvalue weighted by atomic mass is 9.95. The third-order valence-electron chi connectivity index (χ3n) is 5.02. The summed E-state index contributed by atoms with van der Waals surface area (Å²) in [5.74, 6) is -0.315. The molecule has 0 saturated heterocycles. The molecule has 0 unspecified atom stereocenters. The number of thiocarbonyl (C=S) groups is 1. The molecule has 1 aromatic carbocycles. The van der Waals surface area contributed by atoms with E-state index in [0.717, 1.165) is 36.1 Å². The number of amides is 1. The van der Waals surface area contributed by atoms with Crippen LogP contribution in [0.5, 0.6) is 5.75 Å². The lowest BCUT2D eigenvalue weighted by Crippen LogP contribution is -2.56. The van der Waals surface area contributed by atoms with Crippen LogP contribution in [0.15, 0.2) is 24.3 Å². The van der Waals surface area contributed by atoms with Crippen molar-refractivity contribution in [1.29, 1.82) is 0 Å². The molecule has 33 heavy (non-hydrogen) atoms. The lowest BCUT2D eigenvalue weighted by molar-refractivity contribution is 0.0600. The van der Waals surface area contributed by atoms with Crippen LogP contribution in [0.1, 0.15) is 44.0 Å². The molecule has 12 heteroatoms. The van der Waals surface area contributed by atoms with Crippen LogP contribution >= 0.6 is 58.4 Å². The number of halogens is 3. The summed E-state index contributed by atoms with van der Waals surface area (Å²) in [5.41, 5.74) is 1.79. The summed E-state index contributed by atoms with van der Waals surface area (Å²) >= 11 is 25.1. The summed E-state index contributed by atoms with van der Waals surface area (Å²) in [4.78, 5) is 26.2. The number of rotatable bonds is 6. The van der Waals surface area contributed by atoms with E-state index >= 15 is 0 Å². The Bertz CT molecular complexity index is 1040. The number of carbonyl (C=O) groups excluding carboxylic acids is 2. The molecule has 0 saturated carbocycles. The maximum atomic E-state index is 12.7. The molecule has 3 N–H and O–H groups in total. The van der Waals surface area contributed by atoms with Crippen LogP contribution in [0, 0.1) is 0 Å². The fourth-order valence-corrected chi connectivity index (χ4v) is 5.29. The van der Waals surface area contributed by atoms with Crippen molar-refractivity contribution in [1.82, 2.24) is 10.6 Å². The van der Waals surface area contributed by atoms with Gasteiger partial charge in [-0.15, -0.1) is 11.3 Å². The maximum absolute atomic E-state index is 12.7. The number of hydrogen-bond acceptors (Lipinski definition) is 6. The van der Waals surface area contributed by atoms with E-state index in [1.165, 1.54) is 25.6 Å². The van der Waals surface area contributed by atoms with Crippen LogP contribution in [0.3, 0.4) is 0 Å². The highest BCUT2D eigenvalue weighted by Gasteiger charge is 2.35. The number of fused-ring (bicyclic) bond motifs is 1. The van der Waals surface area contributed by atoms with Crippen LogP contribution in [0.2, 0.25) is 0 Å². The van der Waals surface area contributed by atoms with E-state index in [9.17, 15) is 9.59 Å². The van der Waals surface area contributed by atoms with E-state index in [1.807, 2.05) is 0 Å². The molecule has 1 atom stereocenters. The quantitative estimate of drug-likeness (QED) is 0.205. The van der Waals surface area contributed by atoms with Crippen LogP contribution in [0.4, 0.5) is 5.00 Å². The van der Waals surface area contributed by atoms with Crippen LogP contribution < -0.4 is 20.7 Å². The van der Waals surface area contributed by atoms with E-state index in [1.54, 1.807) is 24.3 Å². The molecular formula is C21H22Cl3N3O4S2. The molecule has 1 heterocycles. The molecule has 3 rings (SSSR count). The van der Waals surface area contributed by atoms with Gasteiger partial charge < -0.3 is 25.4 Å². The Hall–Kier alpha value is -1.78. The number of carbonyl (C=O) groups is 2. The van der Waals surface area contributed by atoms with Crippen LogP contribution in [-0.2, 0) is 17.6 Å². The molecule has 1 aromatic heterocycles. The molecule has 178 valence electrons. The molecule has 0 spiro atoms. The number of thiophene rings is 1. The van der Waals surface area contributed by atoms with Gasteiger partial charge in [0, 0.05) is 10.4 Å². The largest absolute Gasteiger partial charge is 0.497 e. The number of aryl methyl sites for hydroxylation is 1. The highest BCUT2D eigenvalue weighted by molar-refractivity contribution is 7.80. The Labute approximate surface area is 216 Å². The third-order valence-corrected chi connectivity index (χ3v) is 7.10. The first kappa shape index (κ1) is 25.8. The van der Waals surface area contributed by atoms with Crippen molar-refractivity contribution in [2.45, 2.75) is 35.6 Å². The van der Waals surface area contributed by atoms with E-state index in [0.29, 0.717) is 21.9 Å². The van der Waals surface area contributed by atoms with Crippen molar-refractivity contribution in [3.05, 3.63) is 45.8 Å². The van der Waals surface area contributed by atoms with E-state index < -0.39 is 21.8 Å². The summed E-state index contributed by atoms with van der Waals surface area (Å²) in [6.45, 7) is 0. The van der Waals surface area contributed by atoms with Gasteiger partial charge in [0.1, 0.15) is 16.9 Å². The predicted octanol–water partition coefficient (Wildman–Crippen LogP) is 4.83. The molecule has 1 aliphatic rings. The van der Waals surface area contributed by atoms with Crippen molar-refractivity contribution in [3.8, 4) is 5.75 Å². The Balaban J connectivity index is 1.75. The highest BCUT2D eigenvalue weighted by Crippen LogP contribution is 2.38. The average molecular weight is 551 g/mol. The van der Waals surface area contributed by atoms with Crippen molar-refractivity contribution in [2.24, 2.45) is 0 Å². The molecule has 0 radical (unpaired) electrons. The number of ether oxygens (including phenoxy) is 2. The monoisotopic (exact) mass is 549 g/mol. The molecule has 0 bridgehead atoms. The van der Waals surface area contributed by atoms with Crippen molar-refractivity contribution in [3.63, 3.8) is 0 Å². The van der Waals surface area contributed by atoms with Gasteiger partial charge in [0.05, 0.1) is 19.8 Å². The minimum Gasteiger partial charge on any atom is -0.497 e. The maximum Gasteiger partial charge on any atom is 0.341 e. The third kappa shape index (κ3) is 6.42. The van der Waals surface area contributed by atoms with Gasteiger partial charge in [-0.1, -0.05) is 34.8 Å². The highest BCUT2D eigenvalue weighted by atomic mass is 35.6. The molecular weight excluding hydrogens is 529 g/mol. The second kappa shape index (κ2) is 11.1. The van der Waals surface area contributed by atoms with Gasteiger partial charge in [-0.3, -0.25) is 4.79 Å². The normalized spacial score (nSPS) is 14.0. The number of hydrogen-bond donors (Lipinski definition) is 3. The molecule has 1 aliphatic carbocycles. The van der Waals surface area contributed by atoms with E-state index in [2.05, 4.69) is 16.0 Å². The Morgan fingerprint density at radius 2 is 1.76 bits per heavy atom. The summed E-state index contributed by atoms with van der Waals surface area (Å²) in [5, 5.41) is 9.07. The first-order valence-corrected chi connectivity index (χ1v) is 12.3. The van der Waals surface area contributed by atoms with Gasteiger partial charge >= 0.3 is 5.97 Å². The van der Waals surface area contributed by atoms with Crippen molar-refractivity contribution in [2.75, 3.05) is 19.5 Å². The van der Waals surface area contributed by atoms with Gasteiger partial charge in [-0.2, -0.15) is 0 Å². The van der Waals surface area contributed by atoms with Gasteiger partial charge in [0.15, 0.2) is 5.11 Å². The van der Waals surface area contributed by atoms with Gasteiger partial charge in [0.2, 0.25) is 3.79 Å². The van der Waals surface area contributed by atoms with Gasteiger partial charge in [-0.25, -0.2) is 4.79 Å². The first-order valence-electron chi connectivity index (χ1n) is 9.96. The Morgan fingerprint density at radius 1 is 1.09 bits per heavy atom. The second-order valence-electron chi connectivity index (χ2n) is 7.18. The predicted molar refractivity (Wildman–Crippen MR) is 136 cm³/mol. The van der Waals surface area contributed by atoms with E-state index in [-0.39, 0.29) is 5.11 Å². The number of nitrogens with one attached hydrogen (secondary N) is 3. The number of esters is 1. The molecule has 7 nitrogen and oxygen atoms in total. The topological polar surface area (TPSA) is 88.7 Å². The Kier molecular flexibility index (Phi) is 8.69. The minimum atomic E-state index is -1.92. The van der Waals surface area contributed by atoms with Crippen LogP contribution in [0.25, 0.3) is 0 Å². The zero-order valence-corrected chi connectivity index (χ0v) is 21.7. The SMILES string of the molecule is COC(=O)c1c(NC(=S)N[C@H](NC(=O)c2ccc(OC)cc2)C(Cl)(Cl)Cl)sc2c1CCCC2. The summed E-state index contributed by atoms with van der Waals surface area (Å²) in [7, 11) is 2.87. The minimum absolute atomic E-state index is 0.0742. The second-order valence-corrected chi connectivity index (χ2v) is 11.1. The molecule has 0 aliphatic heterocycles. The number of anilines is 1. The summed E-state index contributed by atoms with van der Waals surface area (Å²) in [6.07, 6.45) is 2.59. The lowest BCUT2D eigenvalue weighted by Gasteiger charge is -2.27.